The van der Waals surface area contributed by atoms with E-state index in [1.54, 1.807) is 24.3 Å². The Kier molecular flexibility index (Phi) is 12.2. The Hall–Kier alpha value is -4.63. The number of rotatable bonds is 15. The van der Waals surface area contributed by atoms with E-state index in [9.17, 15) is 18.0 Å². The first-order valence-corrected chi connectivity index (χ1v) is 17.5. The van der Waals surface area contributed by atoms with Crippen LogP contribution in [0.25, 0.3) is 0 Å². The molecule has 4 aromatic carbocycles. The van der Waals surface area contributed by atoms with Gasteiger partial charge >= 0.3 is 0 Å². The fourth-order valence-corrected chi connectivity index (χ4v) is 6.66. The van der Waals surface area contributed by atoms with Gasteiger partial charge in [-0.25, -0.2) is 8.42 Å². The molecule has 0 aliphatic carbocycles. The molecule has 0 bridgehead atoms. The van der Waals surface area contributed by atoms with Crippen LogP contribution in [0.15, 0.2) is 108 Å². The Balaban J connectivity index is 1.80. The van der Waals surface area contributed by atoms with Crippen LogP contribution in [0.5, 0.6) is 5.75 Å². The molecule has 9 heteroatoms. The van der Waals surface area contributed by atoms with Crippen molar-refractivity contribution in [1.82, 2.24) is 10.2 Å². The number of benzene rings is 4. The maximum absolute atomic E-state index is 14.6. The van der Waals surface area contributed by atoms with E-state index >= 15 is 0 Å². The predicted molar refractivity (Wildman–Crippen MR) is 187 cm³/mol. The third kappa shape index (κ3) is 9.45. The van der Waals surface area contributed by atoms with E-state index < -0.39 is 28.5 Å². The zero-order valence-corrected chi connectivity index (χ0v) is 28.7. The van der Waals surface area contributed by atoms with Gasteiger partial charge in [0, 0.05) is 19.0 Å². The number of nitrogens with one attached hydrogen (secondary N) is 1. The summed E-state index contributed by atoms with van der Waals surface area (Å²) in [7, 11) is -4.20. The second-order valence-electron chi connectivity index (χ2n) is 11.8. The first kappa shape index (κ1) is 35.2. The zero-order chi connectivity index (χ0) is 34.0. The van der Waals surface area contributed by atoms with Crippen molar-refractivity contribution in [3.05, 3.63) is 125 Å². The van der Waals surface area contributed by atoms with E-state index in [0.29, 0.717) is 18.0 Å². The number of nitrogens with zero attached hydrogens (tertiary/aromatic N) is 2. The molecule has 0 fully saturated rings. The lowest BCUT2D eigenvalue weighted by Crippen LogP contribution is -2.54. The Morgan fingerprint density at radius 3 is 2.09 bits per heavy atom. The number of carbonyl (C=O) groups is 2. The van der Waals surface area contributed by atoms with Crippen LogP contribution >= 0.6 is 0 Å². The number of ether oxygens (including phenoxy) is 1. The topological polar surface area (TPSA) is 96.0 Å². The van der Waals surface area contributed by atoms with Crippen LogP contribution in [-0.2, 0) is 32.6 Å². The lowest BCUT2D eigenvalue weighted by Gasteiger charge is -2.34. The Bertz CT molecular complexity index is 1730. The van der Waals surface area contributed by atoms with Gasteiger partial charge in [0.1, 0.15) is 18.3 Å². The van der Waals surface area contributed by atoms with Crippen molar-refractivity contribution in [1.29, 1.82) is 0 Å². The molecule has 8 nitrogen and oxygen atoms in total. The monoisotopic (exact) mass is 655 g/mol. The molecule has 0 unspecified atom stereocenters. The molecule has 0 saturated heterocycles. The normalized spacial score (nSPS) is 12.5. The van der Waals surface area contributed by atoms with Crippen LogP contribution < -0.4 is 14.4 Å². The second kappa shape index (κ2) is 16.3. The van der Waals surface area contributed by atoms with Crippen molar-refractivity contribution in [2.45, 2.75) is 71.0 Å². The Labute approximate surface area is 279 Å². The smallest absolute Gasteiger partial charge is 0.264 e. The van der Waals surface area contributed by atoms with E-state index in [4.69, 9.17) is 4.74 Å². The molecule has 0 aliphatic heterocycles. The lowest BCUT2D eigenvalue weighted by atomic mass is 10.0. The molecule has 47 heavy (non-hydrogen) atoms. The van der Waals surface area contributed by atoms with Crippen LogP contribution in [-0.4, -0.2) is 50.4 Å². The molecular formula is C38H45N3O5S. The minimum atomic E-state index is -4.20. The largest absolute Gasteiger partial charge is 0.494 e. The van der Waals surface area contributed by atoms with E-state index in [1.807, 2.05) is 101 Å². The van der Waals surface area contributed by atoms with Crippen molar-refractivity contribution in [3.8, 4) is 5.75 Å². The lowest BCUT2D eigenvalue weighted by molar-refractivity contribution is -0.140. The summed E-state index contributed by atoms with van der Waals surface area (Å²) in [6.45, 7) is 9.70. The first-order chi connectivity index (χ1) is 22.5. The summed E-state index contributed by atoms with van der Waals surface area (Å²) in [6, 6.07) is 29.5. The number of sulfonamides is 1. The van der Waals surface area contributed by atoms with Gasteiger partial charge < -0.3 is 15.0 Å². The Morgan fingerprint density at radius 2 is 1.47 bits per heavy atom. The highest BCUT2D eigenvalue weighted by atomic mass is 32.2. The number of hydrogen-bond donors (Lipinski definition) is 1. The maximum atomic E-state index is 14.6. The zero-order valence-electron chi connectivity index (χ0n) is 27.8. The standard InChI is InChI=1S/C38H45N3O5S/c1-6-30(5)39-38(43)36(25-31-13-9-8-10-14-31)40(26-32-15-11-12-29(4)24-32)37(42)27-41(33-18-16-28(3)17-19-33)47(44,45)35-22-20-34(21-23-35)46-7-2/h8-24,30,36H,6-7,25-27H2,1-5H3,(H,39,43)/t30-,36-/m0/s1. The van der Waals surface area contributed by atoms with Crippen molar-refractivity contribution >= 4 is 27.5 Å². The van der Waals surface area contributed by atoms with Gasteiger partial charge in [-0.15, -0.1) is 0 Å². The molecule has 0 aliphatic rings. The molecule has 0 heterocycles. The minimum absolute atomic E-state index is 0.0231. The minimum Gasteiger partial charge on any atom is -0.494 e. The molecule has 4 aromatic rings. The molecule has 0 radical (unpaired) electrons. The summed E-state index contributed by atoms with van der Waals surface area (Å²) >= 11 is 0. The van der Waals surface area contributed by atoms with Crippen molar-refractivity contribution in [3.63, 3.8) is 0 Å². The second-order valence-corrected chi connectivity index (χ2v) is 13.6. The van der Waals surface area contributed by atoms with Crippen LogP contribution in [0.3, 0.4) is 0 Å². The fourth-order valence-electron chi connectivity index (χ4n) is 5.24. The number of amides is 2. The molecule has 0 aromatic heterocycles. The summed E-state index contributed by atoms with van der Waals surface area (Å²) in [5.41, 5.74) is 4.03. The molecule has 0 saturated carbocycles. The van der Waals surface area contributed by atoms with Gasteiger partial charge in [-0.05, 0) is 81.6 Å². The van der Waals surface area contributed by atoms with E-state index in [2.05, 4.69) is 5.32 Å². The van der Waals surface area contributed by atoms with Gasteiger partial charge in [0.05, 0.1) is 17.2 Å². The van der Waals surface area contributed by atoms with Gasteiger partial charge in [0.2, 0.25) is 11.8 Å². The third-order valence-corrected chi connectivity index (χ3v) is 9.82. The van der Waals surface area contributed by atoms with Gasteiger partial charge in [-0.3, -0.25) is 13.9 Å². The predicted octanol–water partition coefficient (Wildman–Crippen LogP) is 6.45. The average molecular weight is 656 g/mol. The van der Waals surface area contributed by atoms with Gasteiger partial charge in [-0.2, -0.15) is 0 Å². The number of anilines is 1. The van der Waals surface area contributed by atoms with Crippen LogP contribution in [0.1, 0.15) is 49.4 Å². The van der Waals surface area contributed by atoms with Crippen molar-refractivity contribution in [2.24, 2.45) is 0 Å². The highest BCUT2D eigenvalue weighted by Gasteiger charge is 2.35. The summed E-state index contributed by atoms with van der Waals surface area (Å²) < 4.78 is 35.2. The average Bonchev–Trinajstić information content (AvgIpc) is 3.06. The van der Waals surface area contributed by atoms with Crippen molar-refractivity contribution < 1.29 is 22.7 Å². The summed E-state index contributed by atoms with van der Waals surface area (Å²) in [5.74, 6) is -0.243. The van der Waals surface area contributed by atoms with Crippen LogP contribution in [0, 0.1) is 13.8 Å². The van der Waals surface area contributed by atoms with E-state index in [0.717, 1.165) is 33.0 Å². The first-order valence-electron chi connectivity index (χ1n) is 16.0. The van der Waals surface area contributed by atoms with Gasteiger partial charge in [-0.1, -0.05) is 84.8 Å². The van der Waals surface area contributed by atoms with E-state index in [-0.39, 0.29) is 29.8 Å². The maximum Gasteiger partial charge on any atom is 0.264 e. The highest BCUT2D eigenvalue weighted by Crippen LogP contribution is 2.27. The molecule has 248 valence electrons. The molecule has 1 N–H and O–H groups in total. The SMILES string of the molecule is CCOc1ccc(S(=O)(=O)N(CC(=O)N(Cc2cccc(C)c2)[C@@H](Cc2ccccc2)C(=O)N[C@@H](C)CC)c2ccc(C)cc2)cc1. The summed E-state index contributed by atoms with van der Waals surface area (Å²) in [5, 5.41) is 3.07. The van der Waals surface area contributed by atoms with Crippen LogP contribution in [0.2, 0.25) is 0 Å². The van der Waals surface area contributed by atoms with Crippen molar-refractivity contribution in [2.75, 3.05) is 17.5 Å². The quantitative estimate of drug-likeness (QED) is 0.159. The number of aryl methyl sites for hydroxylation is 2. The molecule has 2 amide bonds. The highest BCUT2D eigenvalue weighted by molar-refractivity contribution is 7.92. The Morgan fingerprint density at radius 1 is 0.809 bits per heavy atom. The van der Waals surface area contributed by atoms with E-state index in [1.165, 1.54) is 17.0 Å². The summed E-state index contributed by atoms with van der Waals surface area (Å²) in [4.78, 5) is 30.1. The van der Waals surface area contributed by atoms with Gasteiger partial charge in [0.15, 0.2) is 0 Å². The third-order valence-electron chi connectivity index (χ3n) is 8.03. The fraction of sp³-hybridized carbons (Fsp3) is 0.316. The molecule has 4 rings (SSSR count). The molecule has 0 spiro atoms. The molecule has 2 atom stereocenters. The summed E-state index contributed by atoms with van der Waals surface area (Å²) in [6.07, 6.45) is 0.980. The van der Waals surface area contributed by atoms with Gasteiger partial charge in [0.25, 0.3) is 10.0 Å². The molecular weight excluding hydrogens is 611 g/mol. The van der Waals surface area contributed by atoms with Crippen LogP contribution in [0.4, 0.5) is 5.69 Å². The number of hydrogen-bond acceptors (Lipinski definition) is 5. The number of carbonyl (C=O) groups excluding carboxylic acids is 2.